The Morgan fingerprint density at radius 3 is 1.98 bits per heavy atom. The molecule has 9 rings (SSSR count). The molecule has 2 aromatic heterocycles. The molecule has 0 N–H and O–H groups in total. The Kier molecular flexibility index (Phi) is 11.1. The van der Waals surface area contributed by atoms with Gasteiger partial charge in [-0.1, -0.05) is 146 Å². The number of allylic oxidation sites excluding steroid dienone is 1. The molecule has 0 atom stereocenters. The maximum absolute atomic E-state index is 6.70. The number of nitrogens with zero attached hydrogens (tertiary/aromatic N) is 4. The molecule has 0 amide bonds. The van der Waals surface area contributed by atoms with Crippen molar-refractivity contribution in [1.82, 2.24) is 9.55 Å². The van der Waals surface area contributed by atoms with E-state index in [1.54, 1.807) is 0 Å². The van der Waals surface area contributed by atoms with Crippen molar-refractivity contribution in [2.45, 2.75) is 71.6 Å². The maximum atomic E-state index is 6.70. The third-order valence-corrected chi connectivity index (χ3v) is 11.7. The molecule has 61 heavy (non-hydrogen) atoms. The number of pyridine rings is 1. The average Bonchev–Trinajstić information content (AvgIpc) is 3.85. The summed E-state index contributed by atoms with van der Waals surface area (Å²) in [4.78, 5) is 9.38. The molecule has 0 saturated heterocycles. The van der Waals surface area contributed by atoms with Crippen molar-refractivity contribution in [3.8, 4) is 28.4 Å². The third kappa shape index (κ3) is 8.17. The molecule has 3 heterocycles. The average molecular weight is 979 g/mol. The number of aromatic nitrogens is 2. The van der Waals surface area contributed by atoms with E-state index in [1.807, 2.05) is 24.4 Å². The number of fused-ring (bicyclic) bond motifs is 3. The summed E-state index contributed by atoms with van der Waals surface area (Å²) < 4.78 is 8.91. The second kappa shape index (κ2) is 16.2. The van der Waals surface area contributed by atoms with Gasteiger partial charge < -0.3 is 19.1 Å². The smallest absolute Gasteiger partial charge is 0.135 e. The molecule has 0 aliphatic carbocycles. The van der Waals surface area contributed by atoms with Crippen LogP contribution in [0.2, 0.25) is 0 Å². The van der Waals surface area contributed by atoms with Crippen molar-refractivity contribution in [3.05, 3.63) is 199 Å². The van der Waals surface area contributed by atoms with Crippen molar-refractivity contribution >= 4 is 33.2 Å². The second-order valence-electron chi connectivity index (χ2n) is 18.4. The topological polar surface area (TPSA) is 33.5 Å². The quantitative estimate of drug-likeness (QED) is 0.142. The van der Waals surface area contributed by atoms with Crippen LogP contribution in [0.15, 0.2) is 164 Å². The molecule has 0 unspecified atom stereocenters. The van der Waals surface area contributed by atoms with Gasteiger partial charge in [0.1, 0.15) is 5.82 Å². The first-order valence-electron chi connectivity index (χ1n) is 20.8. The minimum Gasteiger partial charge on any atom is -0.509 e. The fourth-order valence-corrected chi connectivity index (χ4v) is 8.14. The predicted molar refractivity (Wildman–Crippen MR) is 249 cm³/mol. The zero-order chi connectivity index (χ0) is 41.8. The maximum Gasteiger partial charge on any atom is 0.135 e. The van der Waals surface area contributed by atoms with Crippen LogP contribution in [-0.4, -0.2) is 9.55 Å². The Labute approximate surface area is 375 Å². The van der Waals surface area contributed by atoms with Gasteiger partial charge in [-0.2, -0.15) is 12.1 Å². The van der Waals surface area contributed by atoms with Crippen LogP contribution in [0.3, 0.4) is 0 Å². The van der Waals surface area contributed by atoms with E-state index in [4.69, 9.17) is 9.72 Å². The fourth-order valence-electron chi connectivity index (χ4n) is 8.14. The molecule has 0 fully saturated rings. The van der Waals surface area contributed by atoms with Gasteiger partial charge in [0.25, 0.3) is 0 Å². The van der Waals surface area contributed by atoms with Crippen molar-refractivity contribution in [3.63, 3.8) is 0 Å². The summed E-state index contributed by atoms with van der Waals surface area (Å²) in [6.07, 6.45) is 4.16. The molecule has 5 nitrogen and oxygen atoms in total. The summed E-state index contributed by atoms with van der Waals surface area (Å²) >= 11 is 0. The summed E-state index contributed by atoms with van der Waals surface area (Å²) in [6.45, 7) is 20.2. The number of benzene rings is 6. The van der Waals surface area contributed by atoms with Crippen LogP contribution >= 0.6 is 0 Å². The van der Waals surface area contributed by atoms with Crippen LogP contribution in [0.1, 0.15) is 72.1 Å². The van der Waals surface area contributed by atoms with Crippen LogP contribution in [0.5, 0.6) is 11.5 Å². The van der Waals surface area contributed by atoms with Crippen LogP contribution in [-0.2, 0) is 37.3 Å². The normalized spacial score (nSPS) is 13.4. The number of hydrogen-bond acceptors (Lipinski definition) is 4. The predicted octanol–water partition coefficient (Wildman–Crippen LogP) is 14.1. The Hall–Kier alpha value is -5.90. The Morgan fingerprint density at radius 1 is 0.574 bits per heavy atom. The first-order valence-corrected chi connectivity index (χ1v) is 20.8. The Balaban J connectivity index is 0.00000514. The van der Waals surface area contributed by atoms with Crippen LogP contribution < -0.4 is 14.5 Å². The second-order valence-corrected chi connectivity index (χ2v) is 18.4. The molecule has 0 radical (unpaired) electrons. The Morgan fingerprint density at radius 2 is 1.25 bits per heavy atom. The number of ether oxygens (including phenoxy) is 1. The fraction of sp³-hybridized carbons (Fsp3) is 0.200. The van der Waals surface area contributed by atoms with E-state index in [1.165, 1.54) is 22.3 Å². The first-order chi connectivity index (χ1) is 28.7. The van der Waals surface area contributed by atoms with Gasteiger partial charge in [-0.25, -0.2) is 4.98 Å². The molecule has 0 saturated carbocycles. The first kappa shape index (κ1) is 41.8. The molecule has 1 aliphatic heterocycles. The van der Waals surface area contributed by atoms with E-state index in [2.05, 4.69) is 222 Å². The monoisotopic (exact) mass is 978 g/mol. The van der Waals surface area contributed by atoms with E-state index in [9.17, 15) is 0 Å². The van der Waals surface area contributed by atoms with E-state index in [-0.39, 0.29) is 37.3 Å². The summed E-state index contributed by atoms with van der Waals surface area (Å²) in [5.41, 5.74) is 10.8. The number of hydrogen-bond donors (Lipinski definition) is 0. The van der Waals surface area contributed by atoms with Gasteiger partial charge in [-0.05, 0) is 80.6 Å². The van der Waals surface area contributed by atoms with Gasteiger partial charge in [0.15, 0.2) is 0 Å². The summed E-state index contributed by atoms with van der Waals surface area (Å²) in [6, 6.07) is 58.6. The van der Waals surface area contributed by atoms with Gasteiger partial charge >= 0.3 is 0 Å². The largest absolute Gasteiger partial charge is 0.509 e. The molecule has 0 spiro atoms. The molecular weight excluding hydrogens is 928 g/mol. The van der Waals surface area contributed by atoms with Gasteiger partial charge in [0, 0.05) is 61.1 Å². The summed E-state index contributed by atoms with van der Waals surface area (Å²) in [5, 5.41) is 2.21. The summed E-state index contributed by atoms with van der Waals surface area (Å²) in [5.74, 6) is 2.05. The standard InChI is InChI=1S/C55H51N4O.Pt/c1-53(2,3)41-21-15-22-43(32-41)57-36-51(55(7,8)40-19-13-10-14-20-40)58(37-57)44-23-16-24-45(34-44)60-46-26-27-47-48-31-39(38-17-11-9-12-18-38)25-28-49(48)59(50(47)35-46)52-33-42(29-30-56-52)54(4,5)6;/h9-33,36-37H,1-8H3;/q-3;. The number of anilines is 2. The van der Waals surface area contributed by atoms with Crippen molar-refractivity contribution in [2.75, 3.05) is 9.80 Å². The molecule has 310 valence electrons. The SMILES string of the molecule is CC(C)(C)c1cccc(N2C=C(C(C)(C)c3ccccc3)N(c3[c-]c(Oc4[c-]c5c(cc4)c4cc(-c6ccccc6)ccc4n5-c4cc(C(C)(C)C)ccn4)ccc3)[CH-]2)c1.[Pt]. The summed E-state index contributed by atoms with van der Waals surface area (Å²) in [7, 11) is 0. The van der Waals surface area contributed by atoms with E-state index in [0.717, 1.165) is 50.3 Å². The molecule has 1 aliphatic rings. The van der Waals surface area contributed by atoms with Crippen LogP contribution in [0.25, 0.3) is 38.8 Å². The minimum atomic E-state index is -0.330. The molecular formula is C55H51N4OPt-3. The van der Waals surface area contributed by atoms with Crippen molar-refractivity contribution < 1.29 is 25.8 Å². The zero-order valence-electron chi connectivity index (χ0n) is 36.1. The van der Waals surface area contributed by atoms with Crippen molar-refractivity contribution in [2.24, 2.45) is 0 Å². The minimum absolute atomic E-state index is 0. The third-order valence-electron chi connectivity index (χ3n) is 11.7. The zero-order valence-corrected chi connectivity index (χ0v) is 38.4. The van der Waals surface area contributed by atoms with Crippen molar-refractivity contribution in [1.29, 1.82) is 0 Å². The van der Waals surface area contributed by atoms with Gasteiger partial charge in [-0.15, -0.1) is 48.1 Å². The molecule has 6 heteroatoms. The van der Waals surface area contributed by atoms with Crippen LogP contribution in [0.4, 0.5) is 11.4 Å². The van der Waals surface area contributed by atoms with E-state index >= 15 is 0 Å². The van der Waals surface area contributed by atoms with Gasteiger partial charge in [0.2, 0.25) is 0 Å². The molecule has 8 aromatic rings. The Bertz CT molecular complexity index is 2880. The molecule has 6 aromatic carbocycles. The van der Waals surface area contributed by atoms with E-state index in [0.29, 0.717) is 11.5 Å². The van der Waals surface area contributed by atoms with Crippen LogP contribution in [0, 0.1) is 18.8 Å². The molecule has 0 bridgehead atoms. The van der Waals surface area contributed by atoms with Gasteiger partial charge in [-0.3, -0.25) is 0 Å². The van der Waals surface area contributed by atoms with Gasteiger partial charge in [0.05, 0.1) is 0 Å². The van der Waals surface area contributed by atoms with E-state index < -0.39 is 0 Å². The number of rotatable bonds is 8.